The highest BCUT2D eigenvalue weighted by Crippen LogP contribution is 2.33. The summed E-state index contributed by atoms with van der Waals surface area (Å²) in [5, 5.41) is 19.7. The minimum Gasteiger partial charge on any atom is -0.508 e. The lowest BCUT2D eigenvalue weighted by atomic mass is 9.99. The lowest BCUT2D eigenvalue weighted by Crippen LogP contribution is -2.19. The standard InChI is InChI=1S/C18H20O6/c1-10-6-16-15(24-16)5-3-2-4-12(19)7-11-8-13(20)9-14(21)17(11)18(22)23-10/h2,4,8-10,15-16,20-21H,3,5-7H2,1H3/t10-,15?,16?/m0/s1. The van der Waals surface area contributed by atoms with Gasteiger partial charge in [0.05, 0.1) is 12.2 Å². The molecule has 2 N–H and O–H groups in total. The van der Waals surface area contributed by atoms with Gasteiger partial charge in [-0.25, -0.2) is 4.79 Å². The van der Waals surface area contributed by atoms with Crippen molar-refractivity contribution in [2.24, 2.45) is 0 Å². The number of esters is 1. The molecule has 2 aliphatic rings. The summed E-state index contributed by atoms with van der Waals surface area (Å²) in [7, 11) is 0. The molecule has 0 spiro atoms. The van der Waals surface area contributed by atoms with Crippen molar-refractivity contribution < 1.29 is 29.3 Å². The second kappa shape index (κ2) is 6.65. The van der Waals surface area contributed by atoms with Gasteiger partial charge in [0.2, 0.25) is 0 Å². The zero-order chi connectivity index (χ0) is 17.3. The van der Waals surface area contributed by atoms with Crippen LogP contribution < -0.4 is 0 Å². The quantitative estimate of drug-likeness (QED) is 0.559. The lowest BCUT2D eigenvalue weighted by molar-refractivity contribution is -0.114. The van der Waals surface area contributed by atoms with Gasteiger partial charge in [-0.2, -0.15) is 0 Å². The van der Waals surface area contributed by atoms with Crippen LogP contribution in [0.4, 0.5) is 0 Å². The summed E-state index contributed by atoms with van der Waals surface area (Å²) in [6.45, 7) is 1.77. The molecule has 0 saturated carbocycles. The first-order chi connectivity index (χ1) is 11.4. The highest BCUT2D eigenvalue weighted by atomic mass is 16.6. The molecule has 0 bridgehead atoms. The molecule has 6 nitrogen and oxygen atoms in total. The highest BCUT2D eigenvalue weighted by molar-refractivity contribution is 5.98. The number of ether oxygens (including phenoxy) is 2. The molecular weight excluding hydrogens is 312 g/mol. The minimum atomic E-state index is -0.707. The third-order valence-electron chi connectivity index (χ3n) is 4.23. The minimum absolute atomic E-state index is 0.0627. The molecule has 1 aromatic rings. The van der Waals surface area contributed by atoms with E-state index in [9.17, 15) is 19.8 Å². The van der Waals surface area contributed by atoms with Gasteiger partial charge < -0.3 is 19.7 Å². The second-order valence-corrected chi connectivity index (χ2v) is 6.29. The van der Waals surface area contributed by atoms with E-state index in [4.69, 9.17) is 9.47 Å². The molecule has 24 heavy (non-hydrogen) atoms. The molecule has 0 amide bonds. The zero-order valence-electron chi connectivity index (χ0n) is 13.4. The number of hydrogen-bond donors (Lipinski definition) is 2. The Bertz CT molecular complexity index is 693. The van der Waals surface area contributed by atoms with Crippen LogP contribution >= 0.6 is 0 Å². The van der Waals surface area contributed by atoms with E-state index in [-0.39, 0.29) is 47.4 Å². The van der Waals surface area contributed by atoms with Crippen LogP contribution in [0.3, 0.4) is 0 Å². The van der Waals surface area contributed by atoms with E-state index in [1.165, 1.54) is 12.1 Å². The number of rotatable bonds is 0. The number of epoxide rings is 1. The Morgan fingerprint density at radius 3 is 2.75 bits per heavy atom. The van der Waals surface area contributed by atoms with Crippen LogP contribution in [0.15, 0.2) is 24.3 Å². The van der Waals surface area contributed by atoms with Crippen LogP contribution in [0.1, 0.15) is 42.1 Å². The number of carbonyl (C=O) groups excluding carboxylic acids is 2. The van der Waals surface area contributed by atoms with Crippen molar-refractivity contribution in [1.82, 2.24) is 0 Å². The summed E-state index contributed by atoms with van der Waals surface area (Å²) in [4.78, 5) is 24.5. The van der Waals surface area contributed by atoms with Gasteiger partial charge in [-0.1, -0.05) is 6.08 Å². The van der Waals surface area contributed by atoms with Gasteiger partial charge in [-0.05, 0) is 37.5 Å². The van der Waals surface area contributed by atoms with E-state index in [0.29, 0.717) is 6.42 Å². The van der Waals surface area contributed by atoms with E-state index < -0.39 is 11.7 Å². The SMILES string of the molecule is C[C@H]1CC2OC2CCC=CC(=O)Cc2cc(O)cc(O)c2C(=O)O1. The molecule has 0 aliphatic carbocycles. The first-order valence-corrected chi connectivity index (χ1v) is 8.04. The van der Waals surface area contributed by atoms with E-state index in [1.807, 2.05) is 0 Å². The number of phenols is 2. The number of fused-ring (bicyclic) bond motifs is 2. The van der Waals surface area contributed by atoms with Crippen molar-refractivity contribution in [2.75, 3.05) is 0 Å². The molecule has 3 atom stereocenters. The van der Waals surface area contributed by atoms with Crippen molar-refractivity contribution in [3.05, 3.63) is 35.4 Å². The number of cyclic esters (lactones) is 1. The van der Waals surface area contributed by atoms with Crippen molar-refractivity contribution in [3.63, 3.8) is 0 Å². The lowest BCUT2D eigenvalue weighted by Gasteiger charge is -2.15. The smallest absolute Gasteiger partial charge is 0.342 e. The summed E-state index contributed by atoms with van der Waals surface area (Å²) in [5.74, 6) is -1.53. The van der Waals surface area contributed by atoms with Crippen LogP contribution in [0.2, 0.25) is 0 Å². The van der Waals surface area contributed by atoms with E-state index in [0.717, 1.165) is 18.9 Å². The maximum atomic E-state index is 12.4. The zero-order valence-corrected chi connectivity index (χ0v) is 13.4. The molecule has 2 aliphatic heterocycles. The van der Waals surface area contributed by atoms with Crippen LogP contribution in [-0.4, -0.2) is 40.3 Å². The van der Waals surface area contributed by atoms with Crippen LogP contribution in [0.5, 0.6) is 11.5 Å². The van der Waals surface area contributed by atoms with Gasteiger partial charge in [0, 0.05) is 18.9 Å². The third kappa shape index (κ3) is 3.76. The van der Waals surface area contributed by atoms with Crippen LogP contribution in [0.25, 0.3) is 0 Å². The number of allylic oxidation sites excluding steroid dienone is 2. The predicted molar refractivity (Wildman–Crippen MR) is 85.0 cm³/mol. The van der Waals surface area contributed by atoms with Crippen molar-refractivity contribution in [1.29, 1.82) is 0 Å². The first kappa shape index (κ1) is 16.5. The van der Waals surface area contributed by atoms with Crippen LogP contribution in [0, 0.1) is 0 Å². The molecule has 1 aromatic carbocycles. The number of carbonyl (C=O) groups is 2. The second-order valence-electron chi connectivity index (χ2n) is 6.29. The molecule has 1 fully saturated rings. The Hall–Kier alpha value is -2.34. The number of phenolic OH excluding ortho intramolecular Hbond substituents is 2. The van der Waals surface area contributed by atoms with Gasteiger partial charge >= 0.3 is 5.97 Å². The summed E-state index contributed by atoms with van der Waals surface area (Å²) < 4.78 is 10.9. The molecule has 1 saturated heterocycles. The molecule has 0 aromatic heterocycles. The fourth-order valence-electron chi connectivity index (χ4n) is 3.02. The maximum Gasteiger partial charge on any atom is 0.342 e. The molecule has 3 rings (SSSR count). The van der Waals surface area contributed by atoms with Crippen LogP contribution in [-0.2, 0) is 20.7 Å². The monoisotopic (exact) mass is 332 g/mol. The summed E-state index contributed by atoms with van der Waals surface area (Å²) in [6, 6.07) is 2.37. The van der Waals surface area contributed by atoms with E-state index in [1.54, 1.807) is 13.0 Å². The van der Waals surface area contributed by atoms with Crippen molar-refractivity contribution in [2.45, 2.75) is 50.9 Å². The summed E-state index contributed by atoms with van der Waals surface area (Å²) in [6.07, 6.45) is 5.14. The van der Waals surface area contributed by atoms with E-state index in [2.05, 4.69) is 0 Å². The predicted octanol–water partition coefficient (Wildman–Crippen LogP) is 2.26. The number of benzene rings is 1. The fraction of sp³-hybridized carbons (Fsp3) is 0.444. The van der Waals surface area contributed by atoms with Gasteiger partial charge in [0.15, 0.2) is 5.78 Å². The molecule has 2 unspecified atom stereocenters. The number of aromatic hydroxyl groups is 2. The largest absolute Gasteiger partial charge is 0.508 e. The number of ketones is 1. The first-order valence-electron chi connectivity index (χ1n) is 8.04. The van der Waals surface area contributed by atoms with Gasteiger partial charge in [0.25, 0.3) is 0 Å². The average Bonchev–Trinajstić information content (AvgIpc) is 3.19. The maximum absolute atomic E-state index is 12.4. The Morgan fingerprint density at radius 2 is 1.96 bits per heavy atom. The van der Waals surface area contributed by atoms with Gasteiger partial charge in [-0.15, -0.1) is 0 Å². The Balaban J connectivity index is 1.92. The average molecular weight is 332 g/mol. The number of hydrogen-bond acceptors (Lipinski definition) is 6. The molecular formula is C18H20O6. The van der Waals surface area contributed by atoms with Crippen molar-refractivity contribution in [3.8, 4) is 11.5 Å². The molecule has 2 heterocycles. The summed E-state index contributed by atoms with van der Waals surface area (Å²) >= 11 is 0. The molecule has 0 radical (unpaired) electrons. The van der Waals surface area contributed by atoms with E-state index >= 15 is 0 Å². The Kier molecular flexibility index (Phi) is 4.57. The van der Waals surface area contributed by atoms with Gasteiger partial charge in [0.1, 0.15) is 23.2 Å². The van der Waals surface area contributed by atoms with Crippen molar-refractivity contribution >= 4 is 11.8 Å². The Morgan fingerprint density at radius 1 is 1.17 bits per heavy atom. The normalized spacial score (nSPS) is 27.6. The topological polar surface area (TPSA) is 96.4 Å². The fourth-order valence-corrected chi connectivity index (χ4v) is 3.02. The van der Waals surface area contributed by atoms with Gasteiger partial charge in [-0.3, -0.25) is 4.79 Å². The highest BCUT2D eigenvalue weighted by Gasteiger charge is 2.39. The Labute approximate surface area is 139 Å². The molecule has 128 valence electrons. The molecule has 6 heteroatoms. The third-order valence-corrected chi connectivity index (χ3v) is 4.23. The summed E-state index contributed by atoms with van der Waals surface area (Å²) in [5.41, 5.74) is 0.170.